The van der Waals surface area contributed by atoms with Crippen LogP contribution in [0.3, 0.4) is 0 Å². The molecule has 0 spiro atoms. The Labute approximate surface area is 88.6 Å². The van der Waals surface area contributed by atoms with Crippen molar-refractivity contribution in [2.45, 2.75) is 19.3 Å². The lowest BCUT2D eigenvalue weighted by molar-refractivity contribution is 0.0525. The summed E-state index contributed by atoms with van der Waals surface area (Å²) in [4.78, 5) is 11.6. The van der Waals surface area contributed by atoms with Crippen LogP contribution >= 0.6 is 0 Å². The van der Waals surface area contributed by atoms with Crippen LogP contribution in [0.25, 0.3) is 0 Å². The van der Waals surface area contributed by atoms with E-state index in [0.717, 1.165) is 12.0 Å². The molecule has 0 aromatic heterocycles. The van der Waals surface area contributed by atoms with E-state index in [2.05, 4.69) is 0 Å². The predicted molar refractivity (Wildman–Crippen MR) is 57.5 cm³/mol. The molecule has 0 radical (unpaired) electrons. The summed E-state index contributed by atoms with van der Waals surface area (Å²) in [5.41, 5.74) is 2.24. The van der Waals surface area contributed by atoms with Crippen LogP contribution in [0.1, 0.15) is 35.2 Å². The predicted octanol–water partition coefficient (Wildman–Crippen LogP) is 2.37. The number of benzene rings is 1. The molecule has 15 heavy (non-hydrogen) atoms. The first-order valence-electron chi connectivity index (χ1n) is 5.07. The number of rotatable bonds is 3. The van der Waals surface area contributed by atoms with Crippen molar-refractivity contribution in [2.24, 2.45) is 0 Å². The van der Waals surface area contributed by atoms with Gasteiger partial charge in [-0.3, -0.25) is 0 Å². The molecule has 0 aliphatic heterocycles. The maximum absolute atomic E-state index is 11.6. The summed E-state index contributed by atoms with van der Waals surface area (Å²) >= 11 is 0. The van der Waals surface area contributed by atoms with Crippen molar-refractivity contribution in [3.05, 3.63) is 35.4 Å². The lowest BCUT2D eigenvalue weighted by Gasteiger charge is -2.06. The standard InChI is InChI=1S/C12H13NO2/c1-2-15-12(14)9-6-4-3-5-8(9)10-7-11(10)13/h3-6,10,13H,2,7H2,1H3. The highest BCUT2D eigenvalue weighted by Gasteiger charge is 2.34. The maximum atomic E-state index is 11.6. The third-order valence-corrected chi connectivity index (χ3v) is 2.52. The summed E-state index contributed by atoms with van der Waals surface area (Å²) in [5.74, 6) is -0.140. The SMILES string of the molecule is CCOC(=O)c1ccccc1C1CC1=N. The normalized spacial score (nSPS) is 18.7. The average Bonchev–Trinajstić information content (AvgIpc) is 2.96. The smallest absolute Gasteiger partial charge is 0.338 e. The van der Waals surface area contributed by atoms with Gasteiger partial charge in [-0.15, -0.1) is 0 Å². The van der Waals surface area contributed by atoms with E-state index in [1.807, 2.05) is 18.2 Å². The monoisotopic (exact) mass is 203 g/mol. The Kier molecular flexibility index (Phi) is 2.54. The van der Waals surface area contributed by atoms with Gasteiger partial charge < -0.3 is 10.1 Å². The molecule has 1 fully saturated rings. The van der Waals surface area contributed by atoms with Crippen molar-refractivity contribution < 1.29 is 9.53 Å². The molecule has 1 saturated carbocycles. The Morgan fingerprint density at radius 3 is 2.80 bits per heavy atom. The molecule has 0 heterocycles. The van der Waals surface area contributed by atoms with Gasteiger partial charge in [0.1, 0.15) is 0 Å². The summed E-state index contributed by atoms with van der Waals surface area (Å²) in [6.07, 6.45) is 0.774. The van der Waals surface area contributed by atoms with Crippen LogP contribution in [0.2, 0.25) is 0 Å². The largest absolute Gasteiger partial charge is 0.462 e. The fraction of sp³-hybridized carbons (Fsp3) is 0.333. The van der Waals surface area contributed by atoms with Crippen molar-refractivity contribution in [3.8, 4) is 0 Å². The summed E-state index contributed by atoms with van der Waals surface area (Å²) < 4.78 is 4.97. The van der Waals surface area contributed by atoms with E-state index in [-0.39, 0.29) is 11.9 Å². The van der Waals surface area contributed by atoms with Gasteiger partial charge in [0.25, 0.3) is 0 Å². The zero-order valence-electron chi connectivity index (χ0n) is 8.62. The van der Waals surface area contributed by atoms with Gasteiger partial charge in [0.15, 0.2) is 0 Å². The number of carbonyl (C=O) groups is 1. The molecule has 3 heteroatoms. The van der Waals surface area contributed by atoms with Crippen LogP contribution < -0.4 is 0 Å². The molecule has 1 atom stereocenters. The van der Waals surface area contributed by atoms with Crippen molar-refractivity contribution in [1.29, 1.82) is 5.41 Å². The highest BCUT2D eigenvalue weighted by Crippen LogP contribution is 2.38. The van der Waals surface area contributed by atoms with Crippen LogP contribution in [0.15, 0.2) is 24.3 Å². The van der Waals surface area contributed by atoms with E-state index in [9.17, 15) is 4.79 Å². The topological polar surface area (TPSA) is 50.2 Å². The quantitative estimate of drug-likeness (QED) is 0.767. The molecule has 3 nitrogen and oxygen atoms in total. The minimum absolute atomic E-state index is 0.144. The summed E-state index contributed by atoms with van der Waals surface area (Å²) in [5, 5.41) is 7.49. The van der Waals surface area contributed by atoms with Crippen LogP contribution in [0, 0.1) is 5.41 Å². The first-order chi connectivity index (χ1) is 7.24. The highest BCUT2D eigenvalue weighted by atomic mass is 16.5. The Balaban J connectivity index is 2.29. The molecule has 78 valence electrons. The van der Waals surface area contributed by atoms with Gasteiger partial charge in [0, 0.05) is 11.6 Å². The van der Waals surface area contributed by atoms with Crippen molar-refractivity contribution in [3.63, 3.8) is 0 Å². The van der Waals surface area contributed by atoms with Gasteiger partial charge in [-0.1, -0.05) is 18.2 Å². The number of hydrogen-bond donors (Lipinski definition) is 1. The molecule has 0 amide bonds. The molecular weight excluding hydrogens is 190 g/mol. The second-order valence-electron chi connectivity index (χ2n) is 3.59. The second-order valence-corrected chi connectivity index (χ2v) is 3.59. The Bertz CT molecular complexity index is 412. The molecule has 0 bridgehead atoms. The fourth-order valence-corrected chi connectivity index (χ4v) is 1.65. The second kappa shape index (κ2) is 3.85. The minimum Gasteiger partial charge on any atom is -0.462 e. The van der Waals surface area contributed by atoms with Gasteiger partial charge in [-0.05, 0) is 25.0 Å². The molecule has 1 aliphatic rings. The van der Waals surface area contributed by atoms with E-state index in [1.165, 1.54) is 0 Å². The molecular formula is C12H13NO2. The van der Waals surface area contributed by atoms with Crippen molar-refractivity contribution >= 4 is 11.7 Å². The average molecular weight is 203 g/mol. The number of hydrogen-bond acceptors (Lipinski definition) is 3. The lowest BCUT2D eigenvalue weighted by Crippen LogP contribution is -2.07. The van der Waals surface area contributed by atoms with E-state index < -0.39 is 0 Å². The molecule has 0 saturated heterocycles. The first kappa shape index (κ1) is 9.90. The van der Waals surface area contributed by atoms with Crippen molar-refractivity contribution in [1.82, 2.24) is 0 Å². The third kappa shape index (κ3) is 1.91. The highest BCUT2D eigenvalue weighted by molar-refractivity contribution is 6.06. The molecule has 2 rings (SSSR count). The molecule has 1 aromatic carbocycles. The summed E-state index contributed by atoms with van der Waals surface area (Å²) in [6, 6.07) is 7.38. The first-order valence-corrected chi connectivity index (χ1v) is 5.07. The molecule has 1 aromatic rings. The van der Waals surface area contributed by atoms with Gasteiger partial charge in [0.05, 0.1) is 12.2 Å². The minimum atomic E-state index is -0.284. The van der Waals surface area contributed by atoms with Gasteiger partial charge in [-0.25, -0.2) is 4.79 Å². The number of nitrogens with one attached hydrogen (secondary N) is 1. The number of ether oxygens (including phenoxy) is 1. The molecule has 1 unspecified atom stereocenters. The van der Waals surface area contributed by atoms with Crippen LogP contribution in [-0.4, -0.2) is 18.3 Å². The van der Waals surface area contributed by atoms with Crippen molar-refractivity contribution in [2.75, 3.05) is 6.61 Å². The van der Waals surface area contributed by atoms with Gasteiger partial charge in [-0.2, -0.15) is 0 Å². The van der Waals surface area contributed by atoms with E-state index in [0.29, 0.717) is 17.9 Å². The number of carbonyl (C=O) groups excluding carboxylic acids is 1. The van der Waals surface area contributed by atoms with E-state index >= 15 is 0 Å². The summed E-state index contributed by atoms with van der Waals surface area (Å²) in [6.45, 7) is 2.18. The summed E-state index contributed by atoms with van der Waals surface area (Å²) in [7, 11) is 0. The zero-order chi connectivity index (χ0) is 10.8. The van der Waals surface area contributed by atoms with Gasteiger partial charge >= 0.3 is 5.97 Å². The fourth-order valence-electron chi connectivity index (χ4n) is 1.65. The Hall–Kier alpha value is -1.64. The Morgan fingerprint density at radius 1 is 1.53 bits per heavy atom. The van der Waals surface area contributed by atoms with Crippen LogP contribution in [-0.2, 0) is 4.74 Å². The molecule has 1 aliphatic carbocycles. The van der Waals surface area contributed by atoms with E-state index in [1.54, 1.807) is 13.0 Å². The lowest BCUT2D eigenvalue weighted by atomic mass is 10.0. The van der Waals surface area contributed by atoms with Crippen LogP contribution in [0.5, 0.6) is 0 Å². The third-order valence-electron chi connectivity index (χ3n) is 2.52. The van der Waals surface area contributed by atoms with E-state index in [4.69, 9.17) is 10.1 Å². The maximum Gasteiger partial charge on any atom is 0.338 e. The number of esters is 1. The van der Waals surface area contributed by atoms with Gasteiger partial charge in [0.2, 0.25) is 0 Å². The van der Waals surface area contributed by atoms with Crippen LogP contribution in [0.4, 0.5) is 0 Å². The molecule has 1 N–H and O–H groups in total. The zero-order valence-corrected chi connectivity index (χ0v) is 8.62. The Morgan fingerprint density at radius 2 is 2.20 bits per heavy atom.